The highest BCUT2D eigenvalue weighted by atomic mass is 35.5. The molecule has 4 rings (SSSR count). The van der Waals surface area contributed by atoms with E-state index < -0.39 is 34.7 Å². The minimum Gasteiger partial charge on any atom is -0.483 e. The number of thioether (sulfide) groups is 1. The maximum absolute atomic E-state index is 13.8. The molecule has 3 aromatic carbocycles. The summed E-state index contributed by atoms with van der Waals surface area (Å²) in [7, 11) is 0. The number of aryl methyl sites for hydroxylation is 2. The normalized spacial score (nSPS) is 17.2. The van der Waals surface area contributed by atoms with E-state index in [1.165, 1.54) is 16.7 Å². The average molecular weight is 624 g/mol. The maximum atomic E-state index is 13.8. The van der Waals surface area contributed by atoms with Crippen LogP contribution in [0, 0.1) is 13.8 Å². The van der Waals surface area contributed by atoms with Crippen molar-refractivity contribution in [3.05, 3.63) is 100 Å². The molecule has 0 bridgehead atoms. The van der Waals surface area contributed by atoms with Crippen LogP contribution in [0.1, 0.15) is 36.1 Å². The molecular formula is C33H38ClN3O5S. The third kappa shape index (κ3) is 8.10. The Morgan fingerprint density at radius 1 is 1.02 bits per heavy atom. The van der Waals surface area contributed by atoms with Crippen molar-refractivity contribution in [3.8, 4) is 5.75 Å². The summed E-state index contributed by atoms with van der Waals surface area (Å²) >= 11 is 7.72. The SMILES string of the molecule is Cc1cccc(C)c1OCC(=O)N[C@@H](Cc1ccccc1)[C@H](O)C(=O)N1CSC(C)(C)[C@H]1C(=O)NCc1ccccc1Cl. The first kappa shape index (κ1) is 32.4. The van der Waals surface area contributed by atoms with Crippen LogP contribution in [-0.2, 0) is 27.3 Å². The van der Waals surface area contributed by atoms with Crippen molar-refractivity contribution in [2.45, 2.75) is 63.6 Å². The number of aliphatic hydroxyl groups excluding tert-OH is 1. The molecule has 3 amide bonds. The summed E-state index contributed by atoms with van der Waals surface area (Å²) in [4.78, 5) is 41.8. The molecule has 8 nitrogen and oxygen atoms in total. The van der Waals surface area contributed by atoms with Crippen LogP contribution in [0.3, 0.4) is 0 Å². The summed E-state index contributed by atoms with van der Waals surface area (Å²) in [6.45, 7) is 7.51. The number of benzene rings is 3. The molecule has 1 heterocycles. The van der Waals surface area contributed by atoms with Crippen LogP contribution in [0.4, 0.5) is 0 Å². The van der Waals surface area contributed by atoms with Crippen LogP contribution in [0.2, 0.25) is 5.02 Å². The minimum absolute atomic E-state index is 0.202. The van der Waals surface area contributed by atoms with Crippen molar-refractivity contribution < 1.29 is 24.2 Å². The maximum Gasteiger partial charge on any atom is 0.258 e. The van der Waals surface area contributed by atoms with Gasteiger partial charge in [-0.15, -0.1) is 11.8 Å². The van der Waals surface area contributed by atoms with Gasteiger partial charge in [0.25, 0.3) is 11.8 Å². The van der Waals surface area contributed by atoms with Gasteiger partial charge in [0.05, 0.1) is 11.9 Å². The first-order valence-electron chi connectivity index (χ1n) is 14.1. The van der Waals surface area contributed by atoms with Crippen molar-refractivity contribution in [1.82, 2.24) is 15.5 Å². The average Bonchev–Trinajstić information content (AvgIpc) is 3.30. The summed E-state index contributed by atoms with van der Waals surface area (Å²) in [6, 6.07) is 20.4. The van der Waals surface area contributed by atoms with Gasteiger partial charge in [0, 0.05) is 16.3 Å². The topological polar surface area (TPSA) is 108 Å². The lowest BCUT2D eigenvalue weighted by atomic mass is 9.97. The molecule has 43 heavy (non-hydrogen) atoms. The number of rotatable bonds is 11. The highest BCUT2D eigenvalue weighted by molar-refractivity contribution is 8.00. The molecule has 0 radical (unpaired) electrons. The lowest BCUT2D eigenvalue weighted by Crippen LogP contribution is -2.59. The number of para-hydroxylation sites is 1. The number of hydrogen-bond acceptors (Lipinski definition) is 6. The zero-order valence-corrected chi connectivity index (χ0v) is 26.4. The van der Waals surface area contributed by atoms with E-state index in [1.54, 1.807) is 6.07 Å². The Hall–Kier alpha value is -3.53. The van der Waals surface area contributed by atoms with Gasteiger partial charge in [-0.25, -0.2) is 0 Å². The first-order valence-corrected chi connectivity index (χ1v) is 15.5. The van der Waals surface area contributed by atoms with E-state index in [0.29, 0.717) is 10.8 Å². The molecule has 10 heteroatoms. The number of carbonyl (C=O) groups excluding carboxylic acids is 3. The van der Waals surface area contributed by atoms with E-state index in [0.717, 1.165) is 22.3 Å². The Morgan fingerprint density at radius 2 is 1.67 bits per heavy atom. The van der Waals surface area contributed by atoms with E-state index >= 15 is 0 Å². The zero-order chi connectivity index (χ0) is 31.1. The van der Waals surface area contributed by atoms with E-state index in [-0.39, 0.29) is 31.4 Å². The summed E-state index contributed by atoms with van der Waals surface area (Å²) in [5.74, 6) is -0.611. The fourth-order valence-corrected chi connectivity index (χ4v) is 6.54. The Labute approximate surface area is 262 Å². The highest BCUT2D eigenvalue weighted by Crippen LogP contribution is 2.40. The van der Waals surface area contributed by atoms with Crippen LogP contribution in [0.25, 0.3) is 0 Å². The molecule has 0 aliphatic carbocycles. The van der Waals surface area contributed by atoms with Crippen LogP contribution in [-0.4, -0.2) is 63.1 Å². The number of halogens is 1. The van der Waals surface area contributed by atoms with Gasteiger partial charge in [-0.2, -0.15) is 0 Å². The van der Waals surface area contributed by atoms with E-state index in [4.69, 9.17) is 16.3 Å². The molecule has 1 saturated heterocycles. The number of nitrogens with zero attached hydrogens (tertiary/aromatic N) is 1. The summed E-state index contributed by atoms with van der Waals surface area (Å²) in [5.41, 5.74) is 3.39. The number of ether oxygens (including phenoxy) is 1. The monoisotopic (exact) mass is 623 g/mol. The van der Waals surface area contributed by atoms with Gasteiger partial charge in [-0.05, 0) is 62.4 Å². The molecule has 1 fully saturated rings. The van der Waals surface area contributed by atoms with Crippen molar-refractivity contribution in [1.29, 1.82) is 0 Å². The predicted molar refractivity (Wildman–Crippen MR) is 170 cm³/mol. The third-order valence-corrected chi connectivity index (χ3v) is 9.27. The molecular weight excluding hydrogens is 586 g/mol. The van der Waals surface area contributed by atoms with E-state index in [1.807, 2.05) is 94.4 Å². The summed E-state index contributed by atoms with van der Waals surface area (Å²) < 4.78 is 5.20. The fraction of sp³-hybridized carbons (Fsp3) is 0.364. The molecule has 228 valence electrons. The quantitative estimate of drug-likeness (QED) is 0.292. The van der Waals surface area contributed by atoms with Crippen molar-refractivity contribution in [2.75, 3.05) is 12.5 Å². The van der Waals surface area contributed by atoms with E-state index in [2.05, 4.69) is 10.6 Å². The van der Waals surface area contributed by atoms with E-state index in [9.17, 15) is 19.5 Å². The van der Waals surface area contributed by atoms with Crippen molar-refractivity contribution in [3.63, 3.8) is 0 Å². The Balaban J connectivity index is 1.49. The number of carbonyl (C=O) groups is 3. The molecule has 0 spiro atoms. The van der Waals surface area contributed by atoms with Gasteiger partial charge in [0.15, 0.2) is 12.7 Å². The molecule has 1 aliphatic rings. The second-order valence-corrected chi connectivity index (χ2v) is 13.2. The van der Waals surface area contributed by atoms with Gasteiger partial charge >= 0.3 is 0 Å². The van der Waals surface area contributed by atoms with Crippen LogP contribution in [0.5, 0.6) is 5.75 Å². The lowest BCUT2D eigenvalue weighted by molar-refractivity contribution is -0.148. The standard InChI is InChI=1S/C33H38ClN3O5S/c1-21-11-10-12-22(2)29(21)42-19-27(38)36-26(17-23-13-6-5-7-14-23)28(39)32(41)37-20-43-33(3,4)30(37)31(40)35-18-24-15-8-9-16-25(24)34/h5-16,26,28,30,39H,17-20H2,1-4H3,(H,35,40)(H,36,38)/t26-,28-,30+/m0/s1. The minimum atomic E-state index is -1.60. The molecule has 0 unspecified atom stereocenters. The van der Waals surface area contributed by atoms with Gasteiger partial charge in [-0.1, -0.05) is 78.3 Å². The second kappa shape index (κ2) is 14.3. The van der Waals surface area contributed by atoms with Gasteiger partial charge < -0.3 is 25.4 Å². The number of aliphatic hydroxyl groups is 1. The molecule has 3 N–H and O–H groups in total. The Bertz CT molecular complexity index is 1430. The van der Waals surface area contributed by atoms with Crippen LogP contribution >= 0.6 is 23.4 Å². The summed E-state index contributed by atoms with van der Waals surface area (Å²) in [5, 5.41) is 17.7. The van der Waals surface area contributed by atoms with Crippen molar-refractivity contribution >= 4 is 41.1 Å². The third-order valence-electron chi connectivity index (χ3n) is 7.52. The smallest absolute Gasteiger partial charge is 0.258 e. The predicted octanol–water partition coefficient (Wildman–Crippen LogP) is 4.42. The largest absolute Gasteiger partial charge is 0.483 e. The Morgan fingerprint density at radius 3 is 2.35 bits per heavy atom. The molecule has 0 saturated carbocycles. The van der Waals surface area contributed by atoms with Gasteiger partial charge in [0.1, 0.15) is 11.8 Å². The number of nitrogens with one attached hydrogen (secondary N) is 2. The Kier molecular flexibility index (Phi) is 10.8. The molecule has 0 aromatic heterocycles. The van der Waals surface area contributed by atoms with Crippen molar-refractivity contribution in [2.24, 2.45) is 0 Å². The summed E-state index contributed by atoms with van der Waals surface area (Å²) in [6.07, 6.45) is -1.39. The van der Waals surface area contributed by atoms with Crippen LogP contribution in [0.15, 0.2) is 72.8 Å². The number of amides is 3. The molecule has 1 aliphatic heterocycles. The van der Waals surface area contributed by atoms with Crippen LogP contribution < -0.4 is 15.4 Å². The molecule has 3 aromatic rings. The highest BCUT2D eigenvalue weighted by Gasteiger charge is 2.49. The lowest BCUT2D eigenvalue weighted by Gasteiger charge is -2.33. The zero-order valence-electron chi connectivity index (χ0n) is 24.8. The van der Waals surface area contributed by atoms with Gasteiger partial charge in [0.2, 0.25) is 5.91 Å². The fourth-order valence-electron chi connectivity index (χ4n) is 5.20. The number of hydrogen-bond donors (Lipinski definition) is 3. The molecule has 3 atom stereocenters. The first-order chi connectivity index (χ1) is 20.5. The second-order valence-electron chi connectivity index (χ2n) is 11.2. The van der Waals surface area contributed by atoms with Gasteiger partial charge in [-0.3, -0.25) is 14.4 Å².